The van der Waals surface area contributed by atoms with Gasteiger partial charge in [0.1, 0.15) is 11.5 Å². The van der Waals surface area contributed by atoms with E-state index < -0.39 is 5.97 Å². The zero-order chi connectivity index (χ0) is 21.7. The molecule has 31 heavy (non-hydrogen) atoms. The number of ether oxygens (including phenoxy) is 2. The minimum atomic E-state index is -0.552. The Labute approximate surface area is 181 Å². The summed E-state index contributed by atoms with van der Waals surface area (Å²) in [6.07, 6.45) is 3.08. The van der Waals surface area contributed by atoms with Gasteiger partial charge in [-0.05, 0) is 80.3 Å². The van der Waals surface area contributed by atoms with Crippen LogP contribution >= 0.6 is 0 Å². The van der Waals surface area contributed by atoms with Crippen molar-refractivity contribution in [3.63, 3.8) is 0 Å². The molecule has 3 aliphatic rings. The van der Waals surface area contributed by atoms with E-state index in [1.54, 1.807) is 24.3 Å². The molecule has 0 N–H and O–H groups in total. The lowest BCUT2D eigenvalue weighted by atomic mass is 9.81. The third-order valence-electron chi connectivity index (χ3n) is 7.07. The van der Waals surface area contributed by atoms with Crippen LogP contribution in [0.25, 0.3) is 0 Å². The molecular weight excluding hydrogens is 394 g/mol. The number of fused-ring (bicyclic) bond motifs is 5. The largest absolute Gasteiger partial charge is 0.482 e. The zero-order valence-corrected chi connectivity index (χ0v) is 17.7. The average Bonchev–Trinajstić information content (AvgIpc) is 3.43. The first-order valence-corrected chi connectivity index (χ1v) is 10.8. The molecule has 0 unspecified atom stereocenters. The van der Waals surface area contributed by atoms with Gasteiger partial charge in [0.2, 0.25) is 11.8 Å². The number of rotatable bonds is 5. The molecule has 0 radical (unpaired) electrons. The predicted octanol–water partition coefficient (Wildman–Crippen LogP) is 3.82. The molecule has 6 heteroatoms. The van der Waals surface area contributed by atoms with Crippen LogP contribution in [0.5, 0.6) is 11.5 Å². The molecule has 1 heterocycles. The van der Waals surface area contributed by atoms with E-state index in [0.29, 0.717) is 23.3 Å². The number of amides is 2. The van der Waals surface area contributed by atoms with Crippen LogP contribution in [-0.2, 0) is 14.4 Å². The van der Waals surface area contributed by atoms with Gasteiger partial charge in [-0.1, -0.05) is 12.1 Å². The summed E-state index contributed by atoms with van der Waals surface area (Å²) >= 11 is 0. The van der Waals surface area contributed by atoms with E-state index in [0.717, 1.165) is 30.4 Å². The lowest BCUT2D eigenvalue weighted by Crippen LogP contribution is -2.32. The van der Waals surface area contributed by atoms with Gasteiger partial charge in [-0.25, -0.2) is 9.69 Å². The third-order valence-corrected chi connectivity index (χ3v) is 7.07. The van der Waals surface area contributed by atoms with Gasteiger partial charge in [0.05, 0.1) is 17.5 Å². The number of esters is 1. The quantitative estimate of drug-likeness (QED) is 0.418. The Balaban J connectivity index is 1.26. The van der Waals surface area contributed by atoms with Crippen LogP contribution in [0.2, 0.25) is 0 Å². The fraction of sp³-hybridized carbons (Fsp3) is 0.400. The van der Waals surface area contributed by atoms with E-state index in [1.165, 1.54) is 4.90 Å². The molecule has 3 fully saturated rings. The summed E-state index contributed by atoms with van der Waals surface area (Å²) in [5.74, 6) is 0.430. The van der Waals surface area contributed by atoms with Gasteiger partial charge in [0.25, 0.3) is 0 Å². The summed E-state index contributed by atoms with van der Waals surface area (Å²) in [7, 11) is 0. The molecular formula is C25H25NO5. The number of benzene rings is 2. The molecule has 2 aromatic carbocycles. The number of aryl methyl sites for hydroxylation is 2. The van der Waals surface area contributed by atoms with E-state index in [1.807, 2.05) is 32.0 Å². The summed E-state index contributed by atoms with van der Waals surface area (Å²) in [5, 5.41) is 0. The molecule has 6 nitrogen and oxygen atoms in total. The first-order valence-electron chi connectivity index (χ1n) is 10.8. The van der Waals surface area contributed by atoms with E-state index >= 15 is 0 Å². The maximum atomic E-state index is 13.0. The molecule has 0 aromatic heterocycles. The Hall–Kier alpha value is -3.15. The highest BCUT2D eigenvalue weighted by Crippen LogP contribution is 2.56. The summed E-state index contributed by atoms with van der Waals surface area (Å²) in [6, 6.07) is 12.2. The lowest BCUT2D eigenvalue weighted by molar-refractivity contribution is -0.136. The zero-order valence-electron chi connectivity index (χ0n) is 17.7. The molecule has 2 amide bonds. The highest BCUT2D eigenvalue weighted by Gasteiger charge is 2.61. The van der Waals surface area contributed by atoms with Crippen molar-refractivity contribution in [3.05, 3.63) is 53.6 Å². The second-order valence-electron chi connectivity index (χ2n) is 8.90. The number of imide groups is 1. The first kappa shape index (κ1) is 19.8. The maximum absolute atomic E-state index is 13.0. The predicted molar refractivity (Wildman–Crippen MR) is 114 cm³/mol. The topological polar surface area (TPSA) is 72.9 Å². The Kier molecular flexibility index (Phi) is 4.80. The highest BCUT2D eigenvalue weighted by molar-refractivity contribution is 6.22. The molecule has 1 saturated heterocycles. The third kappa shape index (κ3) is 3.40. The molecule has 0 spiro atoms. The van der Waals surface area contributed by atoms with Crippen molar-refractivity contribution in [2.24, 2.45) is 23.7 Å². The number of carbonyl (C=O) groups is 3. The van der Waals surface area contributed by atoms with Gasteiger partial charge >= 0.3 is 5.97 Å². The Morgan fingerprint density at radius 2 is 1.65 bits per heavy atom. The number of hydrogen-bond donors (Lipinski definition) is 0. The maximum Gasteiger partial charge on any atom is 0.349 e. The van der Waals surface area contributed by atoms with Crippen LogP contribution < -0.4 is 14.4 Å². The van der Waals surface area contributed by atoms with Crippen LogP contribution in [0.15, 0.2) is 42.5 Å². The first-order chi connectivity index (χ1) is 14.9. The lowest BCUT2D eigenvalue weighted by Gasteiger charge is -2.19. The number of nitrogens with zero attached hydrogens (tertiary/aromatic N) is 1. The van der Waals surface area contributed by atoms with Gasteiger partial charge in [-0.15, -0.1) is 0 Å². The molecule has 4 atom stereocenters. The minimum Gasteiger partial charge on any atom is -0.482 e. The number of anilines is 1. The molecule has 2 aromatic rings. The van der Waals surface area contributed by atoms with Crippen LogP contribution in [0.3, 0.4) is 0 Å². The fourth-order valence-electron chi connectivity index (χ4n) is 5.46. The van der Waals surface area contributed by atoms with Crippen LogP contribution in [0.4, 0.5) is 5.69 Å². The SMILES string of the molecule is Cc1ccc(OCC(=O)Oc2cccc(N3C(=O)[C@H]4[C@@H]5CC[C@@H](C5)[C@@H]4C3=O)c2)cc1C. The minimum absolute atomic E-state index is 0.108. The molecule has 1 aliphatic heterocycles. The van der Waals surface area contributed by atoms with Crippen molar-refractivity contribution in [2.75, 3.05) is 11.5 Å². The van der Waals surface area contributed by atoms with Crippen molar-refractivity contribution >= 4 is 23.5 Å². The highest BCUT2D eigenvalue weighted by atomic mass is 16.6. The summed E-state index contributed by atoms with van der Waals surface area (Å²) < 4.78 is 10.9. The monoisotopic (exact) mass is 419 g/mol. The van der Waals surface area contributed by atoms with Crippen molar-refractivity contribution < 1.29 is 23.9 Å². The van der Waals surface area contributed by atoms with Crippen molar-refractivity contribution in [3.8, 4) is 11.5 Å². The van der Waals surface area contributed by atoms with E-state index in [-0.39, 0.29) is 36.0 Å². The number of carbonyl (C=O) groups excluding carboxylic acids is 3. The van der Waals surface area contributed by atoms with E-state index in [9.17, 15) is 14.4 Å². The van der Waals surface area contributed by atoms with Crippen molar-refractivity contribution in [1.82, 2.24) is 0 Å². The molecule has 2 aliphatic carbocycles. The van der Waals surface area contributed by atoms with Crippen LogP contribution in [-0.4, -0.2) is 24.4 Å². The standard InChI is InChI=1S/C25H25NO5/c1-14-6-9-19(10-15(14)2)30-13-21(27)31-20-5-3-4-18(12-20)26-24(28)22-16-7-8-17(11-16)23(22)25(26)29/h3-6,9-10,12,16-17,22-23H,7-8,11,13H2,1-2H3/t16-,17+,22-,23-/m0/s1. The van der Waals surface area contributed by atoms with Crippen LogP contribution in [0, 0.1) is 37.5 Å². The van der Waals surface area contributed by atoms with E-state index in [4.69, 9.17) is 9.47 Å². The molecule has 2 saturated carbocycles. The second kappa shape index (κ2) is 7.52. The normalized spacial score (nSPS) is 26.3. The average molecular weight is 419 g/mol. The fourth-order valence-corrected chi connectivity index (χ4v) is 5.46. The summed E-state index contributed by atoms with van der Waals surface area (Å²) in [6.45, 7) is 3.75. The van der Waals surface area contributed by atoms with Crippen molar-refractivity contribution in [1.29, 1.82) is 0 Å². The molecule has 2 bridgehead atoms. The Morgan fingerprint density at radius 3 is 2.32 bits per heavy atom. The molecule has 5 rings (SSSR count). The van der Waals surface area contributed by atoms with Gasteiger partial charge in [-0.3, -0.25) is 9.59 Å². The Morgan fingerprint density at radius 1 is 0.935 bits per heavy atom. The summed E-state index contributed by atoms with van der Waals surface area (Å²) in [5.41, 5.74) is 2.69. The van der Waals surface area contributed by atoms with Gasteiger partial charge < -0.3 is 9.47 Å². The van der Waals surface area contributed by atoms with Crippen LogP contribution in [0.1, 0.15) is 30.4 Å². The Bertz CT molecular complexity index is 1050. The summed E-state index contributed by atoms with van der Waals surface area (Å²) in [4.78, 5) is 39.6. The second-order valence-corrected chi connectivity index (χ2v) is 8.90. The van der Waals surface area contributed by atoms with Crippen molar-refractivity contribution in [2.45, 2.75) is 33.1 Å². The van der Waals surface area contributed by atoms with Gasteiger partial charge in [-0.2, -0.15) is 0 Å². The van der Waals surface area contributed by atoms with Gasteiger partial charge in [0, 0.05) is 6.07 Å². The smallest absolute Gasteiger partial charge is 0.349 e. The van der Waals surface area contributed by atoms with Gasteiger partial charge in [0.15, 0.2) is 6.61 Å². The number of hydrogen-bond acceptors (Lipinski definition) is 5. The van der Waals surface area contributed by atoms with E-state index in [2.05, 4.69) is 0 Å². The molecule has 160 valence electrons.